The molecule has 0 aliphatic carbocycles. The molecule has 1 rings (SSSR count). The van der Waals surface area contributed by atoms with Gasteiger partial charge in [-0.3, -0.25) is 14.9 Å². The Labute approximate surface area is 131 Å². The minimum atomic E-state index is -0.976. The molecule has 3 amide bonds. The van der Waals surface area contributed by atoms with Gasteiger partial charge in [0.05, 0.1) is 0 Å². The fraction of sp³-hybridized carbons (Fsp3) is 0.308. The van der Waals surface area contributed by atoms with Crippen LogP contribution < -0.4 is 11.1 Å². The monoisotopic (exact) mass is 330 g/mol. The van der Waals surface area contributed by atoms with Crippen molar-refractivity contribution in [1.29, 1.82) is 0 Å². The first-order valence-corrected chi connectivity index (χ1v) is 7.47. The van der Waals surface area contributed by atoms with E-state index in [-0.39, 0.29) is 6.42 Å². The Hall–Kier alpha value is -1.73. The SMILES string of the molecule is NC(=O)NC(=O)COC(=O)CCCSc1ccc(Cl)cc1. The third-order valence-electron chi connectivity index (χ3n) is 2.23. The van der Waals surface area contributed by atoms with Crippen molar-refractivity contribution in [3.05, 3.63) is 29.3 Å². The van der Waals surface area contributed by atoms with Crippen LogP contribution in [0.3, 0.4) is 0 Å². The molecule has 21 heavy (non-hydrogen) atoms. The summed E-state index contributed by atoms with van der Waals surface area (Å²) in [5, 5.41) is 2.48. The van der Waals surface area contributed by atoms with Crippen LogP contribution in [0.5, 0.6) is 0 Å². The van der Waals surface area contributed by atoms with Gasteiger partial charge in [0, 0.05) is 16.3 Å². The highest BCUT2D eigenvalue weighted by molar-refractivity contribution is 7.99. The molecule has 0 fully saturated rings. The van der Waals surface area contributed by atoms with Crippen molar-refractivity contribution < 1.29 is 19.1 Å². The number of carbonyl (C=O) groups excluding carboxylic acids is 3. The number of thioether (sulfide) groups is 1. The molecule has 0 heterocycles. The van der Waals surface area contributed by atoms with Crippen LogP contribution in [-0.2, 0) is 14.3 Å². The maximum absolute atomic E-state index is 11.3. The fourth-order valence-corrected chi connectivity index (χ4v) is 2.31. The number of hydrogen-bond acceptors (Lipinski definition) is 5. The van der Waals surface area contributed by atoms with Crippen LogP contribution in [0.2, 0.25) is 5.02 Å². The lowest BCUT2D eigenvalue weighted by Gasteiger charge is -2.04. The van der Waals surface area contributed by atoms with Crippen LogP contribution in [0.25, 0.3) is 0 Å². The van der Waals surface area contributed by atoms with Gasteiger partial charge in [-0.25, -0.2) is 4.79 Å². The maximum Gasteiger partial charge on any atom is 0.318 e. The normalized spacial score (nSPS) is 9.95. The number of ether oxygens (including phenoxy) is 1. The number of nitrogens with one attached hydrogen (secondary N) is 1. The molecule has 0 atom stereocenters. The average Bonchev–Trinajstić information content (AvgIpc) is 2.42. The van der Waals surface area contributed by atoms with Crippen molar-refractivity contribution in [2.45, 2.75) is 17.7 Å². The van der Waals surface area contributed by atoms with E-state index in [9.17, 15) is 14.4 Å². The van der Waals surface area contributed by atoms with Gasteiger partial charge in [0.1, 0.15) is 0 Å². The van der Waals surface area contributed by atoms with E-state index in [0.717, 1.165) is 10.6 Å². The van der Waals surface area contributed by atoms with Crippen LogP contribution in [0.4, 0.5) is 4.79 Å². The summed E-state index contributed by atoms with van der Waals surface area (Å²) in [5.74, 6) is -0.498. The molecule has 0 saturated heterocycles. The summed E-state index contributed by atoms with van der Waals surface area (Å²) in [6.07, 6.45) is 0.813. The number of urea groups is 1. The van der Waals surface area contributed by atoms with E-state index in [4.69, 9.17) is 17.3 Å². The van der Waals surface area contributed by atoms with Gasteiger partial charge in [0.15, 0.2) is 6.61 Å². The Kier molecular flexibility index (Phi) is 7.63. The summed E-state index contributed by atoms with van der Waals surface area (Å²) in [6, 6.07) is 6.43. The molecule has 0 aromatic heterocycles. The van der Waals surface area contributed by atoms with Crippen molar-refractivity contribution in [1.82, 2.24) is 5.32 Å². The Morgan fingerprint density at radius 1 is 1.24 bits per heavy atom. The maximum atomic E-state index is 11.3. The van der Waals surface area contributed by atoms with E-state index in [1.54, 1.807) is 29.2 Å². The van der Waals surface area contributed by atoms with Gasteiger partial charge in [-0.1, -0.05) is 11.6 Å². The number of imide groups is 1. The van der Waals surface area contributed by atoms with Crippen LogP contribution in [0, 0.1) is 0 Å². The molecular weight excluding hydrogens is 316 g/mol. The van der Waals surface area contributed by atoms with Crippen LogP contribution in [0.15, 0.2) is 29.2 Å². The standard InChI is InChI=1S/C13H15ClN2O4S/c14-9-3-5-10(6-4-9)21-7-1-2-12(18)20-8-11(17)16-13(15)19/h3-6H,1-2,7-8H2,(H3,15,16,17,19). The molecular formula is C13H15ClN2O4S. The molecule has 3 N–H and O–H groups in total. The van der Waals surface area contributed by atoms with E-state index >= 15 is 0 Å². The predicted molar refractivity (Wildman–Crippen MR) is 80.1 cm³/mol. The number of nitrogens with two attached hydrogens (primary N) is 1. The zero-order valence-electron chi connectivity index (χ0n) is 11.1. The number of hydrogen-bond donors (Lipinski definition) is 2. The molecule has 0 radical (unpaired) electrons. The van der Waals surface area contributed by atoms with E-state index < -0.39 is 24.5 Å². The van der Waals surface area contributed by atoms with E-state index in [2.05, 4.69) is 4.74 Å². The molecule has 0 aliphatic rings. The predicted octanol–water partition coefficient (Wildman–Crippen LogP) is 1.95. The third kappa shape index (κ3) is 8.21. The van der Waals surface area contributed by atoms with Crippen molar-refractivity contribution in [3.63, 3.8) is 0 Å². The second kappa shape index (κ2) is 9.25. The molecule has 0 bridgehead atoms. The molecule has 0 unspecified atom stereocenters. The minimum Gasteiger partial charge on any atom is -0.456 e. The largest absolute Gasteiger partial charge is 0.456 e. The van der Waals surface area contributed by atoms with Crippen molar-refractivity contribution in [3.8, 4) is 0 Å². The first-order chi connectivity index (χ1) is 9.97. The van der Waals surface area contributed by atoms with Crippen molar-refractivity contribution in [2.24, 2.45) is 5.73 Å². The van der Waals surface area contributed by atoms with Gasteiger partial charge in [-0.05, 0) is 36.4 Å². The number of benzene rings is 1. The second-order valence-electron chi connectivity index (χ2n) is 3.98. The van der Waals surface area contributed by atoms with Crippen LogP contribution in [-0.4, -0.2) is 30.3 Å². The molecule has 0 saturated carbocycles. The molecule has 8 heteroatoms. The second-order valence-corrected chi connectivity index (χ2v) is 5.58. The van der Waals surface area contributed by atoms with Crippen molar-refractivity contribution >= 4 is 41.3 Å². The molecule has 1 aromatic carbocycles. The summed E-state index contributed by atoms with van der Waals surface area (Å²) in [5.41, 5.74) is 4.74. The average molecular weight is 331 g/mol. The summed E-state index contributed by atoms with van der Waals surface area (Å²) in [4.78, 5) is 33.8. The summed E-state index contributed by atoms with van der Waals surface area (Å²) < 4.78 is 4.69. The van der Waals surface area contributed by atoms with Crippen molar-refractivity contribution in [2.75, 3.05) is 12.4 Å². The smallest absolute Gasteiger partial charge is 0.318 e. The quantitative estimate of drug-likeness (QED) is 0.452. The fourth-order valence-electron chi connectivity index (χ4n) is 1.33. The lowest BCUT2D eigenvalue weighted by Crippen LogP contribution is -2.37. The number of esters is 1. The van der Waals surface area contributed by atoms with Gasteiger partial charge in [-0.15, -0.1) is 11.8 Å². The summed E-state index contributed by atoms with van der Waals surface area (Å²) in [6.45, 7) is -0.508. The van der Waals surface area contributed by atoms with Gasteiger partial charge in [-0.2, -0.15) is 0 Å². The Balaban J connectivity index is 2.12. The lowest BCUT2D eigenvalue weighted by molar-refractivity contribution is -0.148. The minimum absolute atomic E-state index is 0.199. The highest BCUT2D eigenvalue weighted by atomic mass is 35.5. The molecule has 114 valence electrons. The molecule has 0 aliphatic heterocycles. The zero-order valence-corrected chi connectivity index (χ0v) is 12.7. The highest BCUT2D eigenvalue weighted by Gasteiger charge is 2.08. The van der Waals surface area contributed by atoms with E-state index in [1.807, 2.05) is 12.1 Å². The molecule has 1 aromatic rings. The zero-order chi connectivity index (χ0) is 15.7. The van der Waals surface area contributed by atoms with Gasteiger partial charge < -0.3 is 10.5 Å². The van der Waals surface area contributed by atoms with Gasteiger partial charge in [0.25, 0.3) is 5.91 Å². The number of amides is 3. The van der Waals surface area contributed by atoms with Crippen LogP contribution in [0.1, 0.15) is 12.8 Å². The van der Waals surface area contributed by atoms with Gasteiger partial charge >= 0.3 is 12.0 Å². The topological polar surface area (TPSA) is 98.5 Å². The Bertz CT molecular complexity index is 507. The highest BCUT2D eigenvalue weighted by Crippen LogP contribution is 2.21. The first kappa shape index (κ1) is 17.3. The van der Waals surface area contributed by atoms with Gasteiger partial charge in [0.2, 0.25) is 0 Å². The molecule has 6 nitrogen and oxygen atoms in total. The lowest BCUT2D eigenvalue weighted by atomic mass is 10.3. The van der Waals surface area contributed by atoms with Crippen LogP contribution >= 0.6 is 23.4 Å². The number of rotatable bonds is 7. The number of carbonyl (C=O) groups is 3. The Morgan fingerprint density at radius 3 is 2.52 bits per heavy atom. The number of primary amides is 1. The molecule has 0 spiro atoms. The third-order valence-corrected chi connectivity index (χ3v) is 3.58. The first-order valence-electron chi connectivity index (χ1n) is 6.10. The Morgan fingerprint density at radius 2 is 1.90 bits per heavy atom. The van der Waals surface area contributed by atoms with E-state index in [0.29, 0.717) is 11.4 Å². The number of halogens is 1. The van der Waals surface area contributed by atoms with E-state index in [1.165, 1.54) is 0 Å². The summed E-state index contributed by atoms with van der Waals surface area (Å²) >= 11 is 7.37. The summed E-state index contributed by atoms with van der Waals surface area (Å²) in [7, 11) is 0.